The Bertz CT molecular complexity index is 1320. The van der Waals surface area contributed by atoms with Gasteiger partial charge in [0.2, 0.25) is 0 Å². The second kappa shape index (κ2) is 10.5. The zero-order valence-corrected chi connectivity index (χ0v) is 25.2. The molecular weight excluding hydrogens is 520 g/mol. The molecule has 4 aliphatic carbocycles. The molecule has 0 amide bonds. The summed E-state index contributed by atoms with van der Waals surface area (Å²) in [5.74, 6) is 2.03. The average Bonchev–Trinajstić information content (AvgIpc) is 3.33. The van der Waals surface area contributed by atoms with Crippen LogP contribution in [0.15, 0.2) is 103 Å². The van der Waals surface area contributed by atoms with E-state index in [1.165, 1.54) is 21.1 Å². The number of fused-ring (bicyclic) bond motifs is 5. The maximum absolute atomic E-state index is 13.1. The Kier molecular flexibility index (Phi) is 6.92. The largest absolute Gasteiger partial charge is 0.403 e. The fourth-order valence-corrected chi connectivity index (χ4v) is 13.5. The Morgan fingerprint density at radius 1 is 0.756 bits per heavy atom. The van der Waals surface area contributed by atoms with Crippen LogP contribution in [-0.4, -0.2) is 31.9 Å². The molecule has 3 aromatic carbocycles. The normalized spacial score (nSPS) is 32.9. The Hall–Kier alpha value is -2.79. The van der Waals surface area contributed by atoms with Crippen molar-refractivity contribution in [2.24, 2.45) is 28.6 Å². The standard InChI is InChI=1S/C37H42O3Si/c1-36-23-22-34-32(33(36)19-20-35(36)39)18-17-27-25-28(38)21-24-37(27,34)26-40-41(29-11-5-2-6-12-29,30-13-7-3-8-14-30)31-15-9-4-10-16-31/h2-16,25,28,32-34,38H,17-24,26H2,1H3/t28?,32-,33-,34+,36-,37+/m0/s1. The van der Waals surface area contributed by atoms with Crippen molar-refractivity contribution in [1.29, 1.82) is 0 Å². The van der Waals surface area contributed by atoms with Crippen molar-refractivity contribution in [2.75, 3.05) is 6.61 Å². The molecule has 4 aliphatic rings. The quantitative estimate of drug-likeness (QED) is 0.244. The van der Waals surface area contributed by atoms with Crippen LogP contribution in [0.3, 0.4) is 0 Å². The highest BCUT2D eigenvalue weighted by molar-refractivity contribution is 7.07. The van der Waals surface area contributed by atoms with E-state index < -0.39 is 8.32 Å². The number of aliphatic hydroxyl groups is 1. The van der Waals surface area contributed by atoms with Gasteiger partial charge in [-0.1, -0.05) is 110 Å². The van der Waals surface area contributed by atoms with Crippen LogP contribution < -0.4 is 15.6 Å². The topological polar surface area (TPSA) is 46.5 Å². The van der Waals surface area contributed by atoms with Gasteiger partial charge in [0.15, 0.2) is 0 Å². The van der Waals surface area contributed by atoms with Crippen LogP contribution in [0.5, 0.6) is 0 Å². The molecule has 6 atom stereocenters. The van der Waals surface area contributed by atoms with Crippen LogP contribution >= 0.6 is 0 Å². The van der Waals surface area contributed by atoms with E-state index in [1.54, 1.807) is 0 Å². The van der Waals surface area contributed by atoms with Gasteiger partial charge < -0.3 is 9.53 Å². The monoisotopic (exact) mass is 562 g/mol. The van der Waals surface area contributed by atoms with Crippen molar-refractivity contribution >= 4 is 29.7 Å². The molecule has 0 aromatic heterocycles. The molecule has 3 saturated carbocycles. The average molecular weight is 563 g/mol. The van der Waals surface area contributed by atoms with Gasteiger partial charge in [0.05, 0.1) is 6.10 Å². The number of hydrogen-bond acceptors (Lipinski definition) is 3. The molecule has 3 aromatic rings. The molecule has 0 bridgehead atoms. The summed E-state index contributed by atoms with van der Waals surface area (Å²) >= 11 is 0. The Balaban J connectivity index is 1.35. The number of rotatable bonds is 6. The molecule has 212 valence electrons. The van der Waals surface area contributed by atoms with E-state index in [4.69, 9.17) is 4.43 Å². The predicted molar refractivity (Wildman–Crippen MR) is 167 cm³/mol. The van der Waals surface area contributed by atoms with Crippen molar-refractivity contribution in [3.63, 3.8) is 0 Å². The minimum atomic E-state index is -2.86. The number of carbonyl (C=O) groups is 1. The van der Waals surface area contributed by atoms with Crippen LogP contribution in [0.4, 0.5) is 0 Å². The molecule has 0 saturated heterocycles. The number of hydrogen-bond donors (Lipinski definition) is 1. The summed E-state index contributed by atoms with van der Waals surface area (Å²) in [6.07, 6.45) is 9.59. The highest BCUT2D eigenvalue weighted by Crippen LogP contribution is 2.64. The van der Waals surface area contributed by atoms with Crippen LogP contribution in [0.25, 0.3) is 0 Å². The number of ketones is 1. The van der Waals surface area contributed by atoms with Crippen LogP contribution in [0.1, 0.15) is 58.3 Å². The first-order valence-electron chi connectivity index (χ1n) is 15.7. The van der Waals surface area contributed by atoms with Gasteiger partial charge in [-0.2, -0.15) is 0 Å². The van der Waals surface area contributed by atoms with Gasteiger partial charge >= 0.3 is 0 Å². The molecule has 4 heteroatoms. The molecule has 0 spiro atoms. The molecule has 0 radical (unpaired) electrons. The van der Waals surface area contributed by atoms with E-state index in [0.29, 0.717) is 30.1 Å². The molecule has 1 unspecified atom stereocenters. The lowest BCUT2D eigenvalue weighted by Gasteiger charge is -2.58. The summed E-state index contributed by atoms with van der Waals surface area (Å²) in [5, 5.41) is 14.6. The molecular formula is C37H42O3Si. The van der Waals surface area contributed by atoms with Crippen LogP contribution in [0, 0.1) is 28.6 Å². The molecule has 1 N–H and O–H groups in total. The van der Waals surface area contributed by atoms with Crippen LogP contribution in [0.2, 0.25) is 0 Å². The van der Waals surface area contributed by atoms with Gasteiger partial charge in [-0.3, -0.25) is 4.79 Å². The van der Waals surface area contributed by atoms with Gasteiger partial charge in [0.1, 0.15) is 5.78 Å². The summed E-state index contributed by atoms with van der Waals surface area (Å²) in [5.41, 5.74) is 1.18. The second-order valence-corrected chi connectivity index (χ2v) is 16.7. The van der Waals surface area contributed by atoms with Crippen LogP contribution in [-0.2, 0) is 9.22 Å². The highest BCUT2D eigenvalue weighted by atomic mass is 28.4. The molecule has 7 rings (SSSR count). The third kappa shape index (κ3) is 4.25. The Morgan fingerprint density at radius 2 is 1.34 bits per heavy atom. The Labute approximate surface area is 245 Å². The van der Waals surface area contributed by atoms with E-state index in [1.807, 2.05) is 0 Å². The first-order chi connectivity index (χ1) is 20.0. The summed E-state index contributed by atoms with van der Waals surface area (Å²) in [6, 6.07) is 32.7. The summed E-state index contributed by atoms with van der Waals surface area (Å²) < 4.78 is 7.68. The lowest BCUT2D eigenvalue weighted by molar-refractivity contribution is -0.133. The minimum Gasteiger partial charge on any atom is -0.403 e. The lowest BCUT2D eigenvalue weighted by atomic mass is 9.47. The minimum absolute atomic E-state index is 0.0916. The van der Waals surface area contributed by atoms with Gasteiger partial charge in [0, 0.05) is 23.9 Å². The zero-order chi connectivity index (χ0) is 28.1. The van der Waals surface area contributed by atoms with Gasteiger partial charge in [-0.05, 0) is 78.3 Å². The number of Topliss-reactive ketones (excluding diaryl/α,β-unsaturated/α-hetero) is 1. The number of carbonyl (C=O) groups excluding carboxylic acids is 1. The molecule has 3 nitrogen and oxygen atoms in total. The highest BCUT2D eigenvalue weighted by Gasteiger charge is 2.60. The van der Waals surface area contributed by atoms with Gasteiger partial charge in [0.25, 0.3) is 8.32 Å². The lowest BCUT2D eigenvalue weighted by Crippen LogP contribution is -2.70. The van der Waals surface area contributed by atoms with Crippen molar-refractivity contribution in [1.82, 2.24) is 0 Å². The third-order valence-electron chi connectivity index (χ3n) is 11.6. The molecule has 0 aliphatic heterocycles. The van der Waals surface area contributed by atoms with Crippen molar-refractivity contribution in [3.8, 4) is 0 Å². The Morgan fingerprint density at radius 3 is 1.93 bits per heavy atom. The van der Waals surface area contributed by atoms with E-state index >= 15 is 0 Å². The van der Waals surface area contributed by atoms with Crippen molar-refractivity contribution in [2.45, 2.75) is 64.4 Å². The maximum atomic E-state index is 13.1. The molecule has 0 heterocycles. The second-order valence-electron chi connectivity index (χ2n) is 13.4. The molecule has 3 fully saturated rings. The predicted octanol–water partition coefficient (Wildman–Crippen LogP) is 5.54. The van der Waals surface area contributed by atoms with Crippen molar-refractivity contribution < 1.29 is 14.3 Å². The fourth-order valence-electron chi connectivity index (χ4n) is 9.55. The number of benzene rings is 3. The van der Waals surface area contributed by atoms with E-state index in [2.05, 4.69) is 104 Å². The fraction of sp³-hybridized carbons (Fsp3) is 0.432. The summed E-state index contributed by atoms with van der Waals surface area (Å²) in [6.45, 7) is 2.93. The first-order valence-corrected chi connectivity index (χ1v) is 17.6. The van der Waals surface area contributed by atoms with E-state index in [-0.39, 0.29) is 16.9 Å². The maximum Gasteiger partial charge on any atom is 0.288 e. The zero-order valence-electron chi connectivity index (χ0n) is 24.2. The van der Waals surface area contributed by atoms with E-state index in [0.717, 1.165) is 51.4 Å². The number of aliphatic hydroxyl groups excluding tert-OH is 1. The van der Waals surface area contributed by atoms with Gasteiger partial charge in [-0.15, -0.1) is 0 Å². The first kappa shape index (κ1) is 27.1. The van der Waals surface area contributed by atoms with Gasteiger partial charge in [-0.25, -0.2) is 0 Å². The van der Waals surface area contributed by atoms with E-state index in [9.17, 15) is 9.90 Å². The third-order valence-corrected chi connectivity index (χ3v) is 15.6. The van der Waals surface area contributed by atoms with Crippen molar-refractivity contribution in [3.05, 3.63) is 103 Å². The summed E-state index contributed by atoms with van der Waals surface area (Å²) in [4.78, 5) is 13.1. The smallest absolute Gasteiger partial charge is 0.288 e. The summed E-state index contributed by atoms with van der Waals surface area (Å²) in [7, 11) is -2.86. The molecule has 41 heavy (non-hydrogen) atoms. The SMILES string of the molecule is C[C@]12CC[C@@H]3[C@@H](CCC4=CC(O)CC[C@@]43CO[Si](c3ccccc3)(c3ccccc3)c3ccccc3)[C@@H]1CCC2=O.